The summed E-state index contributed by atoms with van der Waals surface area (Å²) < 4.78 is 12.9. The van der Waals surface area contributed by atoms with Gasteiger partial charge in [-0.15, -0.1) is 0 Å². The standard InChI is InChI=1S/C21H25FN4O/c1-23-21(24-13-12-16-4-8-18(22)9-5-16)25-15-17-6-10-19(11-7-17)26-14-2-3-20(26)27/h4-11H,2-3,12-15H2,1H3,(H2,23,24,25). The summed E-state index contributed by atoms with van der Waals surface area (Å²) in [6.45, 7) is 2.16. The first-order valence-electron chi connectivity index (χ1n) is 9.24. The molecule has 2 N–H and O–H groups in total. The van der Waals surface area contributed by atoms with Crippen molar-refractivity contribution in [3.8, 4) is 0 Å². The minimum absolute atomic E-state index is 0.201. The lowest BCUT2D eigenvalue weighted by Gasteiger charge is -2.16. The Balaban J connectivity index is 1.44. The molecule has 0 aromatic heterocycles. The van der Waals surface area contributed by atoms with E-state index in [1.165, 1.54) is 12.1 Å². The molecule has 1 saturated heterocycles. The number of carbonyl (C=O) groups excluding carboxylic acids is 1. The van der Waals surface area contributed by atoms with Gasteiger partial charge in [-0.1, -0.05) is 24.3 Å². The number of rotatable bonds is 6. The Morgan fingerprint density at radius 2 is 1.78 bits per heavy atom. The molecule has 1 heterocycles. The number of guanidine groups is 1. The monoisotopic (exact) mass is 368 g/mol. The number of hydrogen-bond donors (Lipinski definition) is 2. The van der Waals surface area contributed by atoms with Crippen molar-refractivity contribution in [3.63, 3.8) is 0 Å². The van der Waals surface area contributed by atoms with Gasteiger partial charge in [0.25, 0.3) is 0 Å². The molecule has 0 saturated carbocycles. The molecule has 0 bridgehead atoms. The van der Waals surface area contributed by atoms with Crippen molar-refractivity contribution in [2.24, 2.45) is 4.99 Å². The Morgan fingerprint density at radius 3 is 2.41 bits per heavy atom. The van der Waals surface area contributed by atoms with Gasteiger partial charge in [-0.3, -0.25) is 9.79 Å². The van der Waals surface area contributed by atoms with Crippen molar-refractivity contribution in [3.05, 3.63) is 65.5 Å². The molecule has 1 fully saturated rings. The van der Waals surface area contributed by atoms with E-state index in [0.717, 1.165) is 42.2 Å². The zero-order valence-corrected chi connectivity index (χ0v) is 15.5. The molecule has 0 aliphatic carbocycles. The summed E-state index contributed by atoms with van der Waals surface area (Å²) in [5.74, 6) is 0.701. The number of nitrogens with zero attached hydrogens (tertiary/aromatic N) is 2. The van der Waals surface area contributed by atoms with Crippen molar-refractivity contribution in [2.45, 2.75) is 25.8 Å². The second kappa shape index (κ2) is 9.16. The highest BCUT2D eigenvalue weighted by Crippen LogP contribution is 2.21. The van der Waals surface area contributed by atoms with Gasteiger partial charge in [-0.2, -0.15) is 0 Å². The van der Waals surface area contributed by atoms with Crippen LogP contribution in [0.3, 0.4) is 0 Å². The topological polar surface area (TPSA) is 56.7 Å². The molecule has 0 unspecified atom stereocenters. The summed E-state index contributed by atoms with van der Waals surface area (Å²) in [5.41, 5.74) is 3.15. The molecule has 1 amide bonds. The average Bonchev–Trinajstić information content (AvgIpc) is 3.12. The van der Waals surface area contributed by atoms with Crippen LogP contribution in [-0.4, -0.2) is 32.0 Å². The van der Waals surface area contributed by atoms with Gasteiger partial charge >= 0.3 is 0 Å². The largest absolute Gasteiger partial charge is 0.356 e. The van der Waals surface area contributed by atoms with E-state index in [1.807, 2.05) is 29.2 Å². The Bertz CT molecular complexity index is 787. The predicted octanol–water partition coefficient (Wildman–Crippen LogP) is 2.86. The number of amides is 1. The minimum atomic E-state index is -0.218. The molecule has 0 atom stereocenters. The molecule has 3 rings (SSSR count). The van der Waals surface area contributed by atoms with Crippen molar-refractivity contribution < 1.29 is 9.18 Å². The Kier molecular flexibility index (Phi) is 6.41. The van der Waals surface area contributed by atoms with E-state index in [2.05, 4.69) is 15.6 Å². The molecule has 142 valence electrons. The summed E-state index contributed by atoms with van der Waals surface area (Å²) in [5, 5.41) is 6.53. The third-order valence-corrected chi connectivity index (χ3v) is 4.62. The molecule has 1 aliphatic heterocycles. The van der Waals surface area contributed by atoms with Crippen molar-refractivity contribution in [1.82, 2.24) is 10.6 Å². The number of halogens is 1. The zero-order valence-electron chi connectivity index (χ0n) is 15.5. The van der Waals surface area contributed by atoms with Gasteiger partial charge in [-0.05, 0) is 48.2 Å². The fraction of sp³-hybridized carbons (Fsp3) is 0.333. The van der Waals surface area contributed by atoms with Crippen molar-refractivity contribution in [1.29, 1.82) is 0 Å². The molecule has 0 spiro atoms. The van der Waals surface area contributed by atoms with Crippen molar-refractivity contribution in [2.75, 3.05) is 25.0 Å². The highest BCUT2D eigenvalue weighted by molar-refractivity contribution is 5.95. The SMILES string of the molecule is CN=C(NCCc1ccc(F)cc1)NCc1ccc(N2CCCC2=O)cc1. The summed E-state index contributed by atoms with van der Waals surface area (Å²) >= 11 is 0. The summed E-state index contributed by atoms with van der Waals surface area (Å²) in [6, 6.07) is 14.6. The van der Waals surface area contributed by atoms with Crippen molar-refractivity contribution >= 4 is 17.6 Å². The number of carbonyl (C=O) groups is 1. The maximum absolute atomic E-state index is 12.9. The van der Waals surface area contributed by atoms with Crippen LogP contribution < -0.4 is 15.5 Å². The van der Waals surface area contributed by atoms with Crippen LogP contribution in [0.4, 0.5) is 10.1 Å². The number of aliphatic imine (C=N–C) groups is 1. The van der Waals surface area contributed by atoms with Crippen LogP contribution >= 0.6 is 0 Å². The number of hydrogen-bond acceptors (Lipinski definition) is 2. The lowest BCUT2D eigenvalue weighted by Crippen LogP contribution is -2.37. The molecule has 0 radical (unpaired) electrons. The quantitative estimate of drug-likeness (QED) is 0.609. The van der Waals surface area contributed by atoms with Crippen LogP contribution in [0.25, 0.3) is 0 Å². The third kappa shape index (κ3) is 5.29. The average molecular weight is 368 g/mol. The van der Waals surface area contributed by atoms with Gasteiger partial charge in [0.2, 0.25) is 5.91 Å². The first-order chi connectivity index (χ1) is 13.2. The highest BCUT2D eigenvalue weighted by Gasteiger charge is 2.21. The summed E-state index contributed by atoms with van der Waals surface area (Å²) in [4.78, 5) is 17.9. The predicted molar refractivity (Wildman–Crippen MR) is 106 cm³/mol. The minimum Gasteiger partial charge on any atom is -0.356 e. The molecule has 27 heavy (non-hydrogen) atoms. The third-order valence-electron chi connectivity index (χ3n) is 4.62. The van der Waals surface area contributed by atoms with E-state index in [9.17, 15) is 9.18 Å². The van der Waals surface area contributed by atoms with E-state index in [4.69, 9.17) is 0 Å². The van der Waals surface area contributed by atoms with Gasteiger partial charge in [-0.25, -0.2) is 4.39 Å². The normalized spacial score (nSPS) is 14.5. The summed E-state index contributed by atoms with van der Waals surface area (Å²) in [7, 11) is 1.73. The van der Waals surface area contributed by atoms with Gasteiger partial charge in [0, 0.05) is 38.8 Å². The van der Waals surface area contributed by atoms with Gasteiger partial charge < -0.3 is 15.5 Å². The van der Waals surface area contributed by atoms with Gasteiger partial charge in [0.05, 0.1) is 0 Å². The maximum Gasteiger partial charge on any atom is 0.227 e. The van der Waals surface area contributed by atoms with Crippen LogP contribution in [-0.2, 0) is 17.8 Å². The lowest BCUT2D eigenvalue weighted by molar-refractivity contribution is -0.117. The van der Waals surface area contributed by atoms with E-state index >= 15 is 0 Å². The summed E-state index contributed by atoms with van der Waals surface area (Å²) in [6.07, 6.45) is 2.37. The maximum atomic E-state index is 12.9. The van der Waals surface area contributed by atoms with E-state index < -0.39 is 0 Å². The first-order valence-corrected chi connectivity index (χ1v) is 9.24. The highest BCUT2D eigenvalue weighted by atomic mass is 19.1. The second-order valence-corrected chi connectivity index (χ2v) is 6.54. The Morgan fingerprint density at radius 1 is 1.07 bits per heavy atom. The molecular formula is C21H25FN4O. The molecule has 1 aliphatic rings. The Hall–Kier alpha value is -2.89. The van der Waals surface area contributed by atoms with Gasteiger partial charge in [0.1, 0.15) is 5.82 Å². The van der Waals surface area contributed by atoms with E-state index in [0.29, 0.717) is 19.5 Å². The number of nitrogens with one attached hydrogen (secondary N) is 2. The molecular weight excluding hydrogens is 343 g/mol. The number of benzene rings is 2. The first kappa shape index (κ1) is 18.9. The fourth-order valence-electron chi connectivity index (χ4n) is 3.10. The zero-order chi connectivity index (χ0) is 19.1. The molecule has 6 heteroatoms. The van der Waals surface area contributed by atoms with E-state index in [-0.39, 0.29) is 11.7 Å². The van der Waals surface area contributed by atoms with Crippen LogP contribution in [0.2, 0.25) is 0 Å². The van der Waals surface area contributed by atoms with Gasteiger partial charge in [0.15, 0.2) is 5.96 Å². The Labute approximate surface area is 159 Å². The molecule has 2 aromatic rings. The van der Waals surface area contributed by atoms with Crippen LogP contribution in [0.15, 0.2) is 53.5 Å². The van der Waals surface area contributed by atoms with E-state index in [1.54, 1.807) is 19.2 Å². The van der Waals surface area contributed by atoms with Crippen LogP contribution in [0, 0.1) is 5.82 Å². The fourth-order valence-corrected chi connectivity index (χ4v) is 3.10. The molecule has 5 nitrogen and oxygen atoms in total. The molecule has 2 aromatic carbocycles. The smallest absolute Gasteiger partial charge is 0.227 e. The number of anilines is 1. The van der Waals surface area contributed by atoms with Crippen LogP contribution in [0.5, 0.6) is 0 Å². The second-order valence-electron chi connectivity index (χ2n) is 6.54. The lowest BCUT2D eigenvalue weighted by atomic mass is 10.1. The van der Waals surface area contributed by atoms with Crippen LogP contribution in [0.1, 0.15) is 24.0 Å².